The van der Waals surface area contributed by atoms with E-state index >= 15 is 0 Å². The van der Waals surface area contributed by atoms with Gasteiger partial charge in [0.15, 0.2) is 0 Å². The van der Waals surface area contributed by atoms with Crippen LogP contribution in [0, 0.1) is 0 Å². The van der Waals surface area contributed by atoms with E-state index in [2.05, 4.69) is 15.6 Å². The minimum absolute atomic E-state index is 0.0320. The minimum Gasteiger partial charge on any atom is -0.352 e. The zero-order valence-electron chi connectivity index (χ0n) is 17.8. The Hall–Kier alpha value is -3.26. The normalized spacial score (nSPS) is 11.7. The van der Waals surface area contributed by atoms with Crippen LogP contribution in [-0.2, 0) is 6.54 Å². The van der Waals surface area contributed by atoms with Gasteiger partial charge in [0.25, 0.3) is 11.8 Å². The molecule has 7 nitrogen and oxygen atoms in total. The van der Waals surface area contributed by atoms with Crippen molar-refractivity contribution in [3.63, 3.8) is 0 Å². The van der Waals surface area contributed by atoms with Gasteiger partial charge in [-0.15, -0.1) is 11.3 Å². The molecule has 0 aliphatic carbocycles. The van der Waals surface area contributed by atoms with Crippen molar-refractivity contribution in [2.45, 2.75) is 39.8 Å². The molecule has 2 N–H and O–H groups in total. The summed E-state index contributed by atoms with van der Waals surface area (Å²) in [7, 11) is 0. The van der Waals surface area contributed by atoms with E-state index in [0.29, 0.717) is 6.54 Å². The topological polar surface area (TPSA) is 93.1 Å². The summed E-state index contributed by atoms with van der Waals surface area (Å²) in [6.07, 6.45) is 3.83. The zero-order chi connectivity index (χ0) is 22.4. The lowest BCUT2D eigenvalue weighted by atomic mass is 10.1. The van der Waals surface area contributed by atoms with E-state index in [1.54, 1.807) is 11.5 Å². The molecule has 1 atom stereocenters. The number of nitrogens with zero attached hydrogens (tertiary/aromatic N) is 2. The van der Waals surface area contributed by atoms with Crippen LogP contribution in [0.3, 0.4) is 0 Å². The lowest BCUT2D eigenvalue weighted by Gasteiger charge is -2.17. The summed E-state index contributed by atoms with van der Waals surface area (Å²) in [6, 6.07) is 9.81. The smallest absolute Gasteiger partial charge is 0.257 e. The number of benzene rings is 1. The summed E-state index contributed by atoms with van der Waals surface area (Å²) in [5.41, 5.74) is 1.18. The third kappa shape index (κ3) is 5.27. The van der Waals surface area contributed by atoms with Crippen LogP contribution < -0.4 is 16.1 Å². The molecule has 0 saturated carbocycles. The maximum Gasteiger partial charge on any atom is 0.257 e. The minimum atomic E-state index is -0.577. The van der Waals surface area contributed by atoms with Crippen LogP contribution in [0.1, 0.15) is 59.0 Å². The van der Waals surface area contributed by atoms with Crippen molar-refractivity contribution in [1.29, 1.82) is 0 Å². The van der Waals surface area contributed by atoms with Gasteiger partial charge in [0.05, 0.1) is 12.2 Å². The number of carbonyl (C=O) groups is 2. The highest BCUT2D eigenvalue weighted by atomic mass is 32.1. The Kier molecular flexibility index (Phi) is 7.36. The molecule has 0 aliphatic rings. The highest BCUT2D eigenvalue weighted by molar-refractivity contribution is 7.09. The summed E-state index contributed by atoms with van der Waals surface area (Å²) >= 11 is 1.44. The monoisotopic (exact) mass is 438 g/mol. The molecule has 3 aromatic rings. The number of amides is 2. The first-order valence-corrected chi connectivity index (χ1v) is 11.1. The number of hydrogen-bond donors (Lipinski definition) is 2. The van der Waals surface area contributed by atoms with Crippen LogP contribution in [0.25, 0.3) is 11.3 Å². The number of nitrogens with one attached hydrogen (secondary N) is 2. The van der Waals surface area contributed by atoms with E-state index in [1.807, 2.05) is 49.6 Å². The second kappa shape index (κ2) is 10.2. The highest BCUT2D eigenvalue weighted by Crippen LogP contribution is 2.21. The third-order valence-corrected chi connectivity index (χ3v) is 5.84. The predicted molar refractivity (Wildman–Crippen MR) is 122 cm³/mol. The van der Waals surface area contributed by atoms with Crippen molar-refractivity contribution in [1.82, 2.24) is 20.2 Å². The van der Waals surface area contributed by atoms with Gasteiger partial charge in [0.2, 0.25) is 5.43 Å². The van der Waals surface area contributed by atoms with Crippen LogP contribution in [0.4, 0.5) is 0 Å². The van der Waals surface area contributed by atoms with Crippen LogP contribution in [0.15, 0.2) is 52.9 Å². The van der Waals surface area contributed by atoms with E-state index in [0.717, 1.165) is 22.7 Å². The first-order valence-electron chi connectivity index (χ1n) is 10.3. The first-order chi connectivity index (χ1) is 14.9. The molecule has 0 fully saturated rings. The van der Waals surface area contributed by atoms with Gasteiger partial charge in [-0.1, -0.05) is 37.3 Å². The maximum atomic E-state index is 12.8. The molecule has 1 unspecified atom stereocenters. The van der Waals surface area contributed by atoms with Crippen molar-refractivity contribution in [2.24, 2.45) is 0 Å². The van der Waals surface area contributed by atoms with Gasteiger partial charge in [-0.3, -0.25) is 14.4 Å². The molecule has 3 rings (SSSR count). The first kappa shape index (κ1) is 22.4. The van der Waals surface area contributed by atoms with Crippen LogP contribution >= 0.6 is 11.3 Å². The predicted octanol–water partition coefficient (Wildman–Crippen LogP) is 3.62. The molecule has 0 saturated heterocycles. The Labute approximate surface area is 185 Å². The fraction of sp³-hybridized carbons (Fsp3) is 0.304. The fourth-order valence-corrected chi connectivity index (χ4v) is 3.77. The molecule has 2 heterocycles. The molecular formula is C23H26N4O3S. The molecule has 1 aromatic carbocycles. The van der Waals surface area contributed by atoms with Gasteiger partial charge in [0, 0.05) is 35.9 Å². The van der Waals surface area contributed by atoms with Crippen molar-refractivity contribution >= 4 is 23.2 Å². The molecule has 8 heteroatoms. The molecule has 0 aliphatic heterocycles. The van der Waals surface area contributed by atoms with E-state index in [4.69, 9.17) is 0 Å². The number of carbonyl (C=O) groups excluding carboxylic acids is 2. The second-order valence-electron chi connectivity index (χ2n) is 7.15. The maximum absolute atomic E-state index is 12.8. The van der Waals surface area contributed by atoms with E-state index < -0.39 is 17.2 Å². The molecule has 31 heavy (non-hydrogen) atoms. The fourth-order valence-electron chi connectivity index (χ4n) is 3.03. The van der Waals surface area contributed by atoms with E-state index in [1.165, 1.54) is 23.7 Å². The van der Waals surface area contributed by atoms with Crippen molar-refractivity contribution in [3.05, 3.63) is 74.5 Å². The Morgan fingerprint density at radius 3 is 2.32 bits per heavy atom. The number of thiazole rings is 1. The van der Waals surface area contributed by atoms with Gasteiger partial charge in [-0.25, -0.2) is 4.98 Å². The van der Waals surface area contributed by atoms with Crippen molar-refractivity contribution in [3.8, 4) is 11.3 Å². The lowest BCUT2D eigenvalue weighted by Crippen LogP contribution is -2.35. The molecule has 0 radical (unpaired) electrons. The highest BCUT2D eigenvalue weighted by Gasteiger charge is 2.20. The summed E-state index contributed by atoms with van der Waals surface area (Å²) in [5, 5.41) is 8.07. The number of aromatic nitrogens is 2. The van der Waals surface area contributed by atoms with Crippen LogP contribution in [0.2, 0.25) is 0 Å². The molecule has 2 aromatic heterocycles. The third-order valence-electron chi connectivity index (χ3n) is 4.99. The largest absolute Gasteiger partial charge is 0.352 e. The zero-order valence-corrected chi connectivity index (χ0v) is 18.7. The van der Waals surface area contributed by atoms with Gasteiger partial charge < -0.3 is 15.2 Å². The van der Waals surface area contributed by atoms with Gasteiger partial charge in [-0.05, 0) is 20.3 Å². The summed E-state index contributed by atoms with van der Waals surface area (Å²) in [5.74, 6) is -1.00. The van der Waals surface area contributed by atoms with E-state index in [9.17, 15) is 14.4 Å². The van der Waals surface area contributed by atoms with Gasteiger partial charge in [0.1, 0.15) is 16.1 Å². The quantitative estimate of drug-likeness (QED) is 0.562. The molecule has 162 valence electrons. The molecule has 0 bridgehead atoms. The number of pyridine rings is 1. The second-order valence-corrected chi connectivity index (χ2v) is 8.10. The lowest BCUT2D eigenvalue weighted by molar-refractivity contribution is 0.0948. The average molecular weight is 439 g/mol. The standard InChI is InChI=1S/C23H26N4O3S/c1-4-15(3)27-12-17(22(29)24-5-2)21(28)18(13-27)23(30)25-11-20-26-19(14-31-20)16-9-7-6-8-10-16/h6-10,12-15H,4-5,11H2,1-3H3,(H,24,29)(H,25,30). The Bertz CT molecular complexity index is 1120. The Balaban J connectivity index is 1.82. The van der Waals surface area contributed by atoms with Crippen LogP contribution in [-0.4, -0.2) is 27.9 Å². The van der Waals surface area contributed by atoms with E-state index in [-0.39, 0.29) is 23.7 Å². The number of rotatable bonds is 8. The molecule has 2 amide bonds. The van der Waals surface area contributed by atoms with Gasteiger partial charge >= 0.3 is 0 Å². The van der Waals surface area contributed by atoms with Crippen molar-refractivity contribution in [2.75, 3.05) is 6.54 Å². The Morgan fingerprint density at radius 1 is 1.06 bits per heavy atom. The molecular weight excluding hydrogens is 412 g/mol. The van der Waals surface area contributed by atoms with Gasteiger partial charge in [-0.2, -0.15) is 0 Å². The van der Waals surface area contributed by atoms with Crippen LogP contribution in [0.5, 0.6) is 0 Å². The summed E-state index contributed by atoms with van der Waals surface area (Å²) < 4.78 is 1.75. The SMILES string of the molecule is CCNC(=O)c1cn(C(C)CC)cc(C(=O)NCc2nc(-c3ccccc3)cs2)c1=O. The molecule has 0 spiro atoms. The summed E-state index contributed by atoms with van der Waals surface area (Å²) in [4.78, 5) is 42.6. The average Bonchev–Trinajstić information content (AvgIpc) is 3.27. The Morgan fingerprint density at radius 2 is 1.71 bits per heavy atom. The van der Waals surface area contributed by atoms with Crippen molar-refractivity contribution < 1.29 is 9.59 Å². The summed E-state index contributed by atoms with van der Waals surface area (Å²) in [6.45, 7) is 6.34. The number of hydrogen-bond acceptors (Lipinski definition) is 5.